The molecule has 3 aliphatic carbocycles. The van der Waals surface area contributed by atoms with Crippen LogP contribution in [-0.2, 0) is 4.57 Å². The fourth-order valence-electron chi connectivity index (χ4n) is 5.25. The molecule has 0 heterocycles. The van der Waals surface area contributed by atoms with Crippen LogP contribution in [-0.4, -0.2) is 69.2 Å². The maximum atomic E-state index is 11.4. The summed E-state index contributed by atoms with van der Waals surface area (Å²) in [6.07, 6.45) is 16.1. The van der Waals surface area contributed by atoms with Crippen LogP contribution in [0.3, 0.4) is 0 Å². The van der Waals surface area contributed by atoms with Crippen molar-refractivity contribution in [2.75, 3.05) is 12.8 Å². The average molecular weight is 405 g/mol. The van der Waals surface area contributed by atoms with Crippen LogP contribution in [0.5, 0.6) is 0 Å². The SMILES string of the molecule is CP(=O)(O)CCCC=C1CC2CC(O)C(C=CC3(O)CCCCC3)C2C1.[Na]. The maximum Gasteiger partial charge on any atom is 0.197 e. The van der Waals surface area contributed by atoms with Crippen LogP contribution >= 0.6 is 7.37 Å². The molecular weight excluding hydrogens is 370 g/mol. The van der Waals surface area contributed by atoms with Crippen molar-refractivity contribution >= 4 is 36.9 Å². The number of hydrogen-bond donors (Lipinski definition) is 3. The zero-order chi connectivity index (χ0) is 18.8. The first-order chi connectivity index (χ1) is 12.3. The van der Waals surface area contributed by atoms with Gasteiger partial charge in [-0.3, -0.25) is 4.57 Å². The van der Waals surface area contributed by atoms with Crippen molar-refractivity contribution in [3.05, 3.63) is 23.8 Å². The Kier molecular flexibility index (Phi) is 8.90. The number of aliphatic hydroxyl groups is 2. The molecule has 0 aliphatic heterocycles. The summed E-state index contributed by atoms with van der Waals surface area (Å²) in [5.74, 6) is 1.18. The molecule has 3 rings (SSSR count). The van der Waals surface area contributed by atoms with Crippen molar-refractivity contribution in [3.63, 3.8) is 0 Å². The number of aliphatic hydroxyl groups excluding tert-OH is 1. The summed E-state index contributed by atoms with van der Waals surface area (Å²) < 4.78 is 11.4. The van der Waals surface area contributed by atoms with Gasteiger partial charge < -0.3 is 15.1 Å². The molecule has 3 saturated carbocycles. The smallest absolute Gasteiger partial charge is 0.197 e. The molecule has 0 bridgehead atoms. The minimum atomic E-state index is -2.89. The summed E-state index contributed by atoms with van der Waals surface area (Å²) in [4.78, 5) is 9.37. The zero-order valence-corrected chi connectivity index (χ0v) is 19.9. The number of fused-ring (bicyclic) bond motifs is 1. The molecule has 3 N–H and O–H groups in total. The zero-order valence-electron chi connectivity index (χ0n) is 17.0. The summed E-state index contributed by atoms with van der Waals surface area (Å²) in [7, 11) is -2.89. The Morgan fingerprint density at radius 3 is 2.59 bits per heavy atom. The van der Waals surface area contributed by atoms with Crippen molar-refractivity contribution in [2.45, 2.75) is 75.9 Å². The van der Waals surface area contributed by atoms with E-state index in [1.165, 1.54) is 18.7 Å². The number of hydrogen-bond acceptors (Lipinski definition) is 3. The topological polar surface area (TPSA) is 77.8 Å². The Hall–Kier alpha value is 0.590. The molecule has 5 unspecified atom stereocenters. The molecule has 0 saturated heterocycles. The summed E-state index contributed by atoms with van der Waals surface area (Å²) in [6.45, 7) is 1.43. The van der Waals surface area contributed by atoms with Crippen LogP contribution < -0.4 is 0 Å². The molecule has 27 heavy (non-hydrogen) atoms. The fourth-order valence-corrected chi connectivity index (χ4v) is 6.02. The quantitative estimate of drug-likeness (QED) is 0.271. The van der Waals surface area contributed by atoms with Crippen molar-refractivity contribution in [3.8, 4) is 0 Å². The van der Waals surface area contributed by atoms with Gasteiger partial charge in [0.25, 0.3) is 0 Å². The van der Waals surface area contributed by atoms with E-state index in [4.69, 9.17) is 0 Å². The predicted octanol–water partition coefficient (Wildman–Crippen LogP) is 3.87. The van der Waals surface area contributed by atoms with Crippen LogP contribution in [0.2, 0.25) is 0 Å². The Morgan fingerprint density at radius 2 is 1.93 bits per heavy atom. The van der Waals surface area contributed by atoms with Crippen LogP contribution in [0.1, 0.15) is 64.2 Å². The van der Waals surface area contributed by atoms with E-state index in [0.29, 0.717) is 18.0 Å². The molecule has 0 aromatic heterocycles. The van der Waals surface area contributed by atoms with Gasteiger partial charge in [0, 0.05) is 48.3 Å². The Bertz CT molecular complexity index is 591. The van der Waals surface area contributed by atoms with E-state index in [-0.39, 0.29) is 41.6 Å². The van der Waals surface area contributed by atoms with E-state index >= 15 is 0 Å². The van der Waals surface area contributed by atoms with Gasteiger partial charge in [0.2, 0.25) is 0 Å². The third-order valence-electron chi connectivity index (χ3n) is 6.67. The molecule has 0 spiro atoms. The number of rotatable bonds is 6. The molecule has 1 radical (unpaired) electrons. The van der Waals surface area contributed by atoms with Gasteiger partial charge in [-0.2, -0.15) is 0 Å². The maximum absolute atomic E-state index is 11.4. The second-order valence-corrected chi connectivity index (χ2v) is 11.6. The van der Waals surface area contributed by atoms with Crippen LogP contribution in [0, 0.1) is 17.8 Å². The summed E-state index contributed by atoms with van der Waals surface area (Å²) >= 11 is 0. The summed E-state index contributed by atoms with van der Waals surface area (Å²) in [6, 6.07) is 0. The molecular formula is C21H35NaO4P. The van der Waals surface area contributed by atoms with Crippen LogP contribution in [0.15, 0.2) is 23.8 Å². The monoisotopic (exact) mass is 405 g/mol. The molecule has 0 amide bonds. The third-order valence-corrected chi connectivity index (χ3v) is 7.81. The Morgan fingerprint density at radius 1 is 1.22 bits per heavy atom. The van der Waals surface area contributed by atoms with E-state index in [2.05, 4.69) is 12.2 Å². The van der Waals surface area contributed by atoms with Crippen molar-refractivity contribution in [1.82, 2.24) is 0 Å². The number of unbranched alkanes of at least 4 members (excludes halogenated alkanes) is 1. The van der Waals surface area contributed by atoms with Gasteiger partial charge in [-0.05, 0) is 56.8 Å². The van der Waals surface area contributed by atoms with E-state index in [9.17, 15) is 19.7 Å². The molecule has 5 atom stereocenters. The van der Waals surface area contributed by atoms with Gasteiger partial charge >= 0.3 is 0 Å². The summed E-state index contributed by atoms with van der Waals surface area (Å²) in [5, 5.41) is 21.2. The van der Waals surface area contributed by atoms with E-state index in [0.717, 1.165) is 57.8 Å². The fraction of sp³-hybridized carbons (Fsp3) is 0.810. The van der Waals surface area contributed by atoms with Gasteiger partial charge in [0.15, 0.2) is 7.37 Å². The van der Waals surface area contributed by atoms with Gasteiger partial charge in [-0.25, -0.2) is 0 Å². The van der Waals surface area contributed by atoms with E-state index < -0.39 is 13.0 Å². The van der Waals surface area contributed by atoms with Crippen molar-refractivity contribution < 1.29 is 19.7 Å². The Balaban J connectivity index is 0.00000261. The Labute approximate surface area is 186 Å². The van der Waals surface area contributed by atoms with Crippen LogP contribution in [0.4, 0.5) is 0 Å². The van der Waals surface area contributed by atoms with E-state index in [1.807, 2.05) is 6.08 Å². The van der Waals surface area contributed by atoms with Gasteiger partial charge in [-0.15, -0.1) is 0 Å². The molecule has 0 aromatic rings. The normalized spacial score (nSPS) is 36.5. The molecule has 149 valence electrons. The molecule has 6 heteroatoms. The van der Waals surface area contributed by atoms with E-state index in [1.54, 1.807) is 0 Å². The first-order valence-corrected chi connectivity index (χ1v) is 12.6. The van der Waals surface area contributed by atoms with Crippen molar-refractivity contribution in [1.29, 1.82) is 0 Å². The average Bonchev–Trinajstić information content (AvgIpc) is 3.06. The second-order valence-electron chi connectivity index (χ2n) is 9.02. The van der Waals surface area contributed by atoms with Gasteiger partial charge in [-0.1, -0.05) is 43.1 Å². The minimum Gasteiger partial charge on any atom is -0.392 e. The van der Waals surface area contributed by atoms with Crippen molar-refractivity contribution in [2.24, 2.45) is 17.8 Å². The molecule has 0 aromatic carbocycles. The molecule has 4 nitrogen and oxygen atoms in total. The van der Waals surface area contributed by atoms with Crippen LogP contribution in [0.25, 0.3) is 0 Å². The third kappa shape index (κ3) is 6.81. The second kappa shape index (κ2) is 10.1. The van der Waals surface area contributed by atoms with Gasteiger partial charge in [0.1, 0.15) is 0 Å². The summed E-state index contributed by atoms with van der Waals surface area (Å²) in [5.41, 5.74) is 0.789. The molecule has 3 aliphatic rings. The number of allylic oxidation sites excluding steroid dienone is 2. The van der Waals surface area contributed by atoms with Gasteiger partial charge in [0.05, 0.1) is 11.7 Å². The minimum absolute atomic E-state index is 0. The molecule has 3 fully saturated rings. The standard InChI is InChI=1S/C21H35O4P.Na/c1-26(24,25)12-6-3-7-16-13-17-15-20(22)18(19(17)14-16)8-11-21(23)9-4-2-5-10-21;/h7-8,11,17-20,22-23H,2-6,9-10,12-15H2,1H3,(H,24,25);. The first-order valence-electron chi connectivity index (χ1n) is 10.3. The largest absolute Gasteiger partial charge is 0.392 e. The predicted molar refractivity (Wildman–Crippen MR) is 111 cm³/mol. The first kappa shape index (κ1) is 23.9.